The van der Waals surface area contributed by atoms with Gasteiger partial charge in [-0.1, -0.05) is 0 Å². The zero-order chi connectivity index (χ0) is 15.0. The van der Waals surface area contributed by atoms with E-state index >= 15 is 0 Å². The second kappa shape index (κ2) is 5.85. The first-order valence-corrected chi connectivity index (χ1v) is 8.23. The van der Waals surface area contributed by atoms with Gasteiger partial charge in [0.1, 0.15) is 0 Å². The molecule has 1 aromatic heterocycles. The fourth-order valence-electron chi connectivity index (χ4n) is 3.17. The fourth-order valence-corrected chi connectivity index (χ4v) is 3.52. The molecule has 0 atom stereocenters. The van der Waals surface area contributed by atoms with E-state index in [1.54, 1.807) is 0 Å². The van der Waals surface area contributed by atoms with Gasteiger partial charge in [0.25, 0.3) is 0 Å². The van der Waals surface area contributed by atoms with Crippen molar-refractivity contribution >= 4 is 21.6 Å². The molecule has 2 aromatic rings. The number of piperazine rings is 1. The highest BCUT2D eigenvalue weighted by Crippen LogP contribution is 2.32. The Balaban J connectivity index is 1.93. The number of hydrogen-bond acceptors (Lipinski definition) is 2. The van der Waals surface area contributed by atoms with Gasteiger partial charge in [0.2, 0.25) is 0 Å². The average Bonchev–Trinajstić information content (AvgIpc) is 2.87. The van der Waals surface area contributed by atoms with Crippen LogP contribution in [-0.4, -0.2) is 43.1 Å². The lowest BCUT2D eigenvalue weighted by atomic mass is 10.0. The molecule has 0 saturated carbocycles. The van der Waals surface area contributed by atoms with Crippen LogP contribution in [0.3, 0.4) is 0 Å². The van der Waals surface area contributed by atoms with E-state index in [1.807, 2.05) is 6.20 Å². The summed E-state index contributed by atoms with van der Waals surface area (Å²) in [7, 11) is 2.20. The number of aromatic nitrogens is 1. The van der Waals surface area contributed by atoms with E-state index in [0.29, 0.717) is 0 Å². The molecule has 1 aromatic carbocycles. The largest absolute Gasteiger partial charge is 0.369 e. The van der Waals surface area contributed by atoms with Crippen LogP contribution in [0.5, 0.6) is 0 Å². The second-order valence-corrected chi connectivity index (χ2v) is 6.90. The molecule has 1 N–H and O–H groups in total. The lowest BCUT2D eigenvalue weighted by Gasteiger charge is -2.36. The quantitative estimate of drug-likeness (QED) is 0.892. The summed E-state index contributed by atoms with van der Waals surface area (Å²) in [6, 6.07) is 6.71. The van der Waals surface area contributed by atoms with Crippen molar-refractivity contribution in [3.05, 3.63) is 40.0 Å². The Morgan fingerprint density at radius 3 is 2.14 bits per heavy atom. The van der Waals surface area contributed by atoms with Crippen LogP contribution in [0.15, 0.2) is 28.9 Å². The molecule has 0 radical (unpaired) electrons. The second-order valence-electron chi connectivity index (χ2n) is 5.98. The molecular formula is C17H22BrN3. The minimum Gasteiger partial charge on any atom is -0.369 e. The molecule has 1 aliphatic heterocycles. The third kappa shape index (κ3) is 3.01. The van der Waals surface area contributed by atoms with Gasteiger partial charge in [-0.3, -0.25) is 0 Å². The Bertz CT molecular complexity index is 616. The maximum absolute atomic E-state index is 3.50. The average molecular weight is 348 g/mol. The standard InChI is InChI=1S/C17H22BrN3/c1-12-8-14(16-10-15(18)11-19-16)9-13(2)17(12)21-6-4-20(3)5-7-21/h8-11,19H,4-7H2,1-3H3. The first-order chi connectivity index (χ1) is 10.0. The fraction of sp³-hybridized carbons (Fsp3) is 0.412. The highest BCUT2D eigenvalue weighted by Gasteiger charge is 2.18. The number of likely N-dealkylation sites (N-methyl/N-ethyl adjacent to an activating group) is 1. The van der Waals surface area contributed by atoms with Crippen LogP contribution in [0.2, 0.25) is 0 Å². The molecule has 112 valence electrons. The molecule has 2 heterocycles. The summed E-state index contributed by atoms with van der Waals surface area (Å²) in [6.45, 7) is 8.97. The monoisotopic (exact) mass is 347 g/mol. The van der Waals surface area contributed by atoms with Crippen LogP contribution >= 0.6 is 15.9 Å². The summed E-state index contributed by atoms with van der Waals surface area (Å²) in [5.74, 6) is 0. The minimum absolute atomic E-state index is 1.09. The highest BCUT2D eigenvalue weighted by atomic mass is 79.9. The van der Waals surface area contributed by atoms with Gasteiger partial charge < -0.3 is 14.8 Å². The van der Waals surface area contributed by atoms with Gasteiger partial charge in [-0.25, -0.2) is 0 Å². The molecule has 21 heavy (non-hydrogen) atoms. The SMILES string of the molecule is Cc1cc(-c2cc(Br)c[nH]2)cc(C)c1N1CCN(C)CC1. The zero-order valence-corrected chi connectivity index (χ0v) is 14.5. The molecule has 3 nitrogen and oxygen atoms in total. The van der Waals surface area contributed by atoms with Crippen LogP contribution in [0.4, 0.5) is 5.69 Å². The smallest absolute Gasteiger partial charge is 0.0465 e. The lowest BCUT2D eigenvalue weighted by Crippen LogP contribution is -2.45. The summed E-state index contributed by atoms with van der Waals surface area (Å²) in [5, 5.41) is 0. The van der Waals surface area contributed by atoms with E-state index in [9.17, 15) is 0 Å². The predicted octanol–water partition coefficient (Wildman–Crippen LogP) is 3.81. The Morgan fingerprint density at radius 1 is 1.00 bits per heavy atom. The van der Waals surface area contributed by atoms with Crippen LogP contribution in [0.1, 0.15) is 11.1 Å². The molecule has 3 rings (SSSR count). The first-order valence-electron chi connectivity index (χ1n) is 7.43. The van der Waals surface area contributed by atoms with Crippen molar-refractivity contribution in [3.8, 4) is 11.3 Å². The molecule has 4 heteroatoms. The third-order valence-corrected chi connectivity index (χ3v) is 4.73. The molecule has 0 unspecified atom stereocenters. The van der Waals surface area contributed by atoms with Crippen LogP contribution in [0, 0.1) is 13.8 Å². The molecule has 0 aliphatic carbocycles. The van der Waals surface area contributed by atoms with Crippen molar-refractivity contribution in [2.24, 2.45) is 0 Å². The lowest BCUT2D eigenvalue weighted by molar-refractivity contribution is 0.312. The number of halogens is 1. The van der Waals surface area contributed by atoms with E-state index < -0.39 is 0 Å². The number of H-pyrrole nitrogens is 1. The zero-order valence-electron chi connectivity index (χ0n) is 12.9. The molecule has 0 amide bonds. The Labute approximate surface area is 135 Å². The number of rotatable bonds is 2. The number of benzene rings is 1. The maximum Gasteiger partial charge on any atom is 0.0465 e. The van der Waals surface area contributed by atoms with E-state index in [0.717, 1.165) is 36.3 Å². The molecule has 1 aliphatic rings. The van der Waals surface area contributed by atoms with Gasteiger partial charge in [-0.15, -0.1) is 0 Å². The third-order valence-electron chi connectivity index (χ3n) is 4.27. The summed E-state index contributed by atoms with van der Waals surface area (Å²) < 4.78 is 1.09. The molecule has 0 spiro atoms. The van der Waals surface area contributed by atoms with Crippen LogP contribution in [-0.2, 0) is 0 Å². The predicted molar refractivity (Wildman–Crippen MR) is 93.1 cm³/mol. The molecule has 1 fully saturated rings. The van der Waals surface area contributed by atoms with Gasteiger partial charge in [-0.2, -0.15) is 0 Å². The van der Waals surface area contributed by atoms with E-state index in [2.05, 4.69) is 69.8 Å². The number of nitrogens with one attached hydrogen (secondary N) is 1. The van der Waals surface area contributed by atoms with Crippen molar-refractivity contribution in [1.82, 2.24) is 9.88 Å². The summed E-state index contributed by atoms with van der Waals surface area (Å²) in [6.07, 6.45) is 1.98. The summed E-state index contributed by atoms with van der Waals surface area (Å²) >= 11 is 3.50. The summed E-state index contributed by atoms with van der Waals surface area (Å²) in [5.41, 5.74) is 6.56. The number of aryl methyl sites for hydroxylation is 2. The Hall–Kier alpha value is -1.26. The van der Waals surface area contributed by atoms with Crippen LogP contribution in [0.25, 0.3) is 11.3 Å². The van der Waals surface area contributed by atoms with E-state index in [1.165, 1.54) is 22.4 Å². The number of aromatic amines is 1. The number of anilines is 1. The van der Waals surface area contributed by atoms with Gasteiger partial charge in [-0.05, 0) is 71.7 Å². The van der Waals surface area contributed by atoms with Crippen molar-refractivity contribution < 1.29 is 0 Å². The van der Waals surface area contributed by atoms with Crippen molar-refractivity contribution in [3.63, 3.8) is 0 Å². The van der Waals surface area contributed by atoms with Crippen molar-refractivity contribution in [2.45, 2.75) is 13.8 Å². The van der Waals surface area contributed by atoms with Gasteiger partial charge in [0, 0.05) is 48.2 Å². The Morgan fingerprint density at radius 2 is 1.62 bits per heavy atom. The first kappa shape index (κ1) is 14.7. The summed E-state index contributed by atoms with van der Waals surface area (Å²) in [4.78, 5) is 8.24. The molecule has 1 saturated heterocycles. The van der Waals surface area contributed by atoms with Gasteiger partial charge >= 0.3 is 0 Å². The highest BCUT2D eigenvalue weighted by molar-refractivity contribution is 9.10. The maximum atomic E-state index is 3.50. The minimum atomic E-state index is 1.09. The molecular weight excluding hydrogens is 326 g/mol. The van der Waals surface area contributed by atoms with Gasteiger partial charge in [0.05, 0.1) is 0 Å². The topological polar surface area (TPSA) is 22.3 Å². The number of nitrogens with zero attached hydrogens (tertiary/aromatic N) is 2. The molecule has 0 bridgehead atoms. The normalized spacial score (nSPS) is 16.5. The van der Waals surface area contributed by atoms with E-state index in [4.69, 9.17) is 0 Å². The van der Waals surface area contributed by atoms with Crippen LogP contribution < -0.4 is 4.90 Å². The van der Waals surface area contributed by atoms with Crippen molar-refractivity contribution in [2.75, 3.05) is 38.1 Å². The Kier molecular flexibility index (Phi) is 4.09. The number of hydrogen-bond donors (Lipinski definition) is 1. The van der Waals surface area contributed by atoms with Crippen molar-refractivity contribution in [1.29, 1.82) is 0 Å². The van der Waals surface area contributed by atoms with E-state index in [-0.39, 0.29) is 0 Å². The van der Waals surface area contributed by atoms with Gasteiger partial charge in [0.15, 0.2) is 0 Å².